The van der Waals surface area contributed by atoms with Crippen LogP contribution in [0.1, 0.15) is 20.0 Å². The Balaban J connectivity index is 1.17. The Labute approximate surface area is 224 Å². The van der Waals surface area contributed by atoms with E-state index >= 15 is 0 Å². The van der Waals surface area contributed by atoms with Crippen molar-refractivity contribution in [3.63, 3.8) is 0 Å². The molecule has 0 unspecified atom stereocenters. The third-order valence-electron chi connectivity index (χ3n) is 6.33. The Morgan fingerprint density at radius 1 is 0.919 bits per heavy atom. The van der Waals surface area contributed by atoms with Crippen molar-refractivity contribution in [1.29, 1.82) is 0 Å². The number of thiocarbonyl (C=S) groups is 1. The maximum atomic E-state index is 12.9. The number of carbonyl (C=O) groups is 2. The zero-order valence-corrected chi connectivity index (χ0v) is 21.9. The SMILES string of the molecule is COc1cc2ccccc2cc1C(=O)NC(=S)Nc1ccc(N2CCN(C(=O)c3cccs3)CC2)cc1. The van der Waals surface area contributed by atoms with Crippen molar-refractivity contribution in [2.24, 2.45) is 0 Å². The normalized spacial score (nSPS) is 13.3. The molecule has 1 saturated heterocycles. The van der Waals surface area contributed by atoms with Gasteiger partial charge in [-0.1, -0.05) is 30.3 Å². The van der Waals surface area contributed by atoms with Gasteiger partial charge in [0, 0.05) is 37.6 Å². The third kappa shape index (κ3) is 5.58. The number of fused-ring (bicyclic) bond motifs is 1. The summed E-state index contributed by atoms with van der Waals surface area (Å²) in [6, 6.07) is 23.1. The molecule has 4 aromatic rings. The molecule has 0 saturated carbocycles. The number of benzene rings is 3. The molecule has 1 fully saturated rings. The van der Waals surface area contributed by atoms with Crippen LogP contribution in [-0.2, 0) is 0 Å². The molecule has 1 aromatic heterocycles. The number of piperazine rings is 1. The van der Waals surface area contributed by atoms with Gasteiger partial charge in [-0.3, -0.25) is 14.9 Å². The average Bonchev–Trinajstić information content (AvgIpc) is 3.47. The van der Waals surface area contributed by atoms with Gasteiger partial charge < -0.3 is 19.9 Å². The number of thiophene rings is 1. The van der Waals surface area contributed by atoms with Gasteiger partial charge in [0.2, 0.25) is 0 Å². The minimum atomic E-state index is -0.341. The highest BCUT2D eigenvalue weighted by Gasteiger charge is 2.23. The number of carbonyl (C=O) groups excluding carboxylic acids is 2. The van der Waals surface area contributed by atoms with Crippen LogP contribution in [0.2, 0.25) is 0 Å². The number of methoxy groups -OCH3 is 1. The number of anilines is 2. The van der Waals surface area contributed by atoms with Gasteiger partial charge >= 0.3 is 0 Å². The van der Waals surface area contributed by atoms with Crippen molar-refractivity contribution in [3.8, 4) is 5.75 Å². The number of hydrogen-bond donors (Lipinski definition) is 2. The van der Waals surface area contributed by atoms with Gasteiger partial charge in [-0.2, -0.15) is 0 Å². The van der Waals surface area contributed by atoms with E-state index in [0.717, 1.165) is 40.1 Å². The van der Waals surface area contributed by atoms with Gasteiger partial charge in [-0.05, 0) is 70.8 Å². The van der Waals surface area contributed by atoms with Crippen molar-refractivity contribution in [1.82, 2.24) is 10.2 Å². The summed E-state index contributed by atoms with van der Waals surface area (Å²) in [6.45, 7) is 2.91. The fourth-order valence-corrected chi connectivity index (χ4v) is 5.28. The van der Waals surface area contributed by atoms with Crippen LogP contribution in [0, 0.1) is 0 Å². The lowest BCUT2D eigenvalue weighted by atomic mass is 10.1. The maximum absolute atomic E-state index is 12.9. The van der Waals surface area contributed by atoms with Crippen molar-refractivity contribution in [3.05, 3.63) is 88.6 Å². The van der Waals surface area contributed by atoms with E-state index in [1.165, 1.54) is 11.3 Å². The highest BCUT2D eigenvalue weighted by molar-refractivity contribution is 7.80. The summed E-state index contributed by atoms with van der Waals surface area (Å²) in [4.78, 5) is 30.4. The second kappa shape index (κ2) is 11.0. The molecule has 0 bridgehead atoms. The molecule has 1 aliphatic heterocycles. The molecule has 1 aliphatic rings. The molecule has 0 atom stereocenters. The first-order valence-electron chi connectivity index (χ1n) is 11.9. The molecule has 188 valence electrons. The van der Waals surface area contributed by atoms with E-state index < -0.39 is 0 Å². The van der Waals surface area contributed by atoms with Crippen LogP contribution >= 0.6 is 23.6 Å². The summed E-state index contributed by atoms with van der Waals surface area (Å²) >= 11 is 6.86. The summed E-state index contributed by atoms with van der Waals surface area (Å²) in [5.41, 5.74) is 2.26. The Hall–Kier alpha value is -3.95. The van der Waals surface area contributed by atoms with E-state index in [-0.39, 0.29) is 16.9 Å². The molecule has 3 aromatic carbocycles. The number of nitrogens with one attached hydrogen (secondary N) is 2. The van der Waals surface area contributed by atoms with E-state index in [4.69, 9.17) is 17.0 Å². The fraction of sp³-hybridized carbons (Fsp3) is 0.179. The standard InChI is InChI=1S/C28H26N4O3S2/c1-35-24-18-20-6-3-2-5-19(20)17-23(24)26(33)30-28(36)29-21-8-10-22(11-9-21)31-12-14-32(15-13-31)27(34)25-7-4-16-37-25/h2-11,16-18H,12-15H2,1H3,(H2,29,30,33,36). The van der Waals surface area contributed by atoms with Crippen LogP contribution < -0.4 is 20.3 Å². The molecule has 7 nitrogen and oxygen atoms in total. The van der Waals surface area contributed by atoms with Gasteiger partial charge in [-0.25, -0.2) is 0 Å². The minimum absolute atomic E-state index is 0.103. The number of amides is 2. The molecular weight excluding hydrogens is 504 g/mol. The van der Waals surface area contributed by atoms with Crippen LogP contribution in [0.15, 0.2) is 78.2 Å². The summed E-state index contributed by atoms with van der Waals surface area (Å²) in [5.74, 6) is 0.248. The second-order valence-corrected chi connectivity index (χ2v) is 9.97. The predicted octanol–water partition coefficient (Wildman–Crippen LogP) is 5.00. The zero-order valence-electron chi connectivity index (χ0n) is 20.3. The van der Waals surface area contributed by atoms with Gasteiger partial charge in [-0.15, -0.1) is 11.3 Å². The van der Waals surface area contributed by atoms with Crippen molar-refractivity contribution < 1.29 is 14.3 Å². The number of ether oxygens (including phenoxy) is 1. The number of nitrogens with zero attached hydrogens (tertiary/aromatic N) is 2. The lowest BCUT2D eigenvalue weighted by Gasteiger charge is -2.36. The molecule has 0 radical (unpaired) electrons. The highest BCUT2D eigenvalue weighted by Crippen LogP contribution is 2.26. The Bertz CT molecular complexity index is 1430. The van der Waals surface area contributed by atoms with E-state index in [9.17, 15) is 9.59 Å². The molecule has 2 heterocycles. The average molecular weight is 531 g/mol. The molecule has 0 aliphatic carbocycles. The third-order valence-corrected chi connectivity index (χ3v) is 7.39. The van der Waals surface area contributed by atoms with Crippen molar-refractivity contribution in [2.45, 2.75) is 0 Å². The largest absolute Gasteiger partial charge is 0.496 e. The zero-order chi connectivity index (χ0) is 25.8. The van der Waals surface area contributed by atoms with Gasteiger partial charge in [0.15, 0.2) is 5.11 Å². The van der Waals surface area contributed by atoms with Gasteiger partial charge in [0.25, 0.3) is 11.8 Å². The van der Waals surface area contributed by atoms with E-state index in [0.29, 0.717) is 24.4 Å². The predicted molar refractivity (Wildman–Crippen MR) is 153 cm³/mol. The molecule has 2 N–H and O–H groups in total. The fourth-order valence-electron chi connectivity index (χ4n) is 4.38. The molecule has 37 heavy (non-hydrogen) atoms. The quantitative estimate of drug-likeness (QED) is 0.354. The van der Waals surface area contributed by atoms with Crippen molar-refractivity contribution in [2.75, 3.05) is 43.5 Å². The molecular formula is C28H26N4O3S2. The minimum Gasteiger partial charge on any atom is -0.496 e. The lowest BCUT2D eigenvalue weighted by Crippen LogP contribution is -2.48. The van der Waals surface area contributed by atoms with E-state index in [2.05, 4.69) is 15.5 Å². The van der Waals surface area contributed by atoms with E-state index in [1.54, 1.807) is 13.2 Å². The summed E-state index contributed by atoms with van der Waals surface area (Å²) in [7, 11) is 1.54. The van der Waals surface area contributed by atoms with E-state index in [1.807, 2.05) is 77.0 Å². The topological polar surface area (TPSA) is 73.9 Å². The van der Waals surface area contributed by atoms with Crippen LogP contribution in [-0.4, -0.2) is 55.1 Å². The molecule has 5 rings (SSSR count). The summed E-state index contributed by atoms with van der Waals surface area (Å²) in [6.07, 6.45) is 0. The van der Waals surface area contributed by atoms with Crippen LogP contribution in [0.5, 0.6) is 5.75 Å². The summed E-state index contributed by atoms with van der Waals surface area (Å²) < 4.78 is 5.43. The lowest BCUT2D eigenvalue weighted by molar-refractivity contribution is 0.0751. The van der Waals surface area contributed by atoms with Crippen LogP contribution in [0.4, 0.5) is 11.4 Å². The smallest absolute Gasteiger partial charge is 0.264 e. The van der Waals surface area contributed by atoms with Crippen LogP contribution in [0.3, 0.4) is 0 Å². The second-order valence-electron chi connectivity index (χ2n) is 8.61. The first kappa shape index (κ1) is 24.7. The molecule has 9 heteroatoms. The van der Waals surface area contributed by atoms with Gasteiger partial charge in [0.05, 0.1) is 17.6 Å². The Morgan fingerprint density at radius 2 is 1.62 bits per heavy atom. The molecule has 0 spiro atoms. The Morgan fingerprint density at radius 3 is 2.27 bits per heavy atom. The molecule has 2 amide bonds. The highest BCUT2D eigenvalue weighted by atomic mass is 32.1. The van der Waals surface area contributed by atoms with Crippen molar-refractivity contribution >= 4 is 62.6 Å². The number of hydrogen-bond acceptors (Lipinski definition) is 6. The van der Waals surface area contributed by atoms with Gasteiger partial charge in [0.1, 0.15) is 5.75 Å². The maximum Gasteiger partial charge on any atom is 0.264 e. The van der Waals surface area contributed by atoms with Crippen LogP contribution in [0.25, 0.3) is 10.8 Å². The monoisotopic (exact) mass is 530 g/mol. The first-order chi connectivity index (χ1) is 18.0. The number of rotatable bonds is 5. The summed E-state index contributed by atoms with van der Waals surface area (Å²) in [5, 5.41) is 9.88. The Kier molecular flexibility index (Phi) is 7.34. The first-order valence-corrected chi connectivity index (χ1v) is 13.2.